The van der Waals surface area contributed by atoms with E-state index in [1.54, 1.807) is 19.2 Å². The van der Waals surface area contributed by atoms with E-state index in [1.165, 1.54) is 11.3 Å². The zero-order valence-electron chi connectivity index (χ0n) is 13.3. The highest BCUT2D eigenvalue weighted by molar-refractivity contribution is 9.10. The number of ether oxygens (including phenoxy) is 1. The van der Waals surface area contributed by atoms with Crippen molar-refractivity contribution >= 4 is 44.1 Å². The van der Waals surface area contributed by atoms with Crippen LogP contribution >= 0.6 is 27.3 Å². The molecule has 2 aromatic carbocycles. The van der Waals surface area contributed by atoms with E-state index < -0.39 is 6.03 Å². The van der Waals surface area contributed by atoms with Gasteiger partial charge in [-0.2, -0.15) is 0 Å². The molecule has 0 aliphatic rings. The Labute approximate surface area is 157 Å². The van der Waals surface area contributed by atoms with Crippen molar-refractivity contribution in [3.05, 3.63) is 63.6 Å². The number of amides is 2. The molecule has 25 heavy (non-hydrogen) atoms. The van der Waals surface area contributed by atoms with Crippen LogP contribution in [-0.2, 0) is 6.42 Å². The van der Waals surface area contributed by atoms with Gasteiger partial charge in [0.1, 0.15) is 10.8 Å². The molecule has 0 saturated carbocycles. The summed E-state index contributed by atoms with van der Waals surface area (Å²) < 4.78 is 6.22. The maximum absolute atomic E-state index is 12.1. The number of nitrogens with one attached hydrogen (secondary N) is 2. The molecule has 128 valence electrons. The lowest BCUT2D eigenvalue weighted by molar-refractivity contribution is 0.262. The number of hydrogen-bond donors (Lipinski definition) is 2. The molecule has 0 fully saturated rings. The van der Waals surface area contributed by atoms with Gasteiger partial charge in [-0.25, -0.2) is 4.79 Å². The van der Waals surface area contributed by atoms with Gasteiger partial charge in [0.25, 0.3) is 0 Å². The van der Waals surface area contributed by atoms with Gasteiger partial charge in [-0.3, -0.25) is 5.32 Å². The smallest absolute Gasteiger partial charge is 0.325 e. The highest BCUT2D eigenvalue weighted by Gasteiger charge is 2.11. The first-order valence-corrected chi connectivity index (χ1v) is 9.03. The van der Waals surface area contributed by atoms with Gasteiger partial charge in [0.15, 0.2) is 0 Å². The third-order valence-corrected chi connectivity index (χ3v) is 4.62. The average molecular weight is 419 g/mol. The Balaban J connectivity index is 1.62. The molecule has 0 atom stereocenters. The van der Waals surface area contributed by atoms with Crippen molar-refractivity contribution in [2.75, 3.05) is 17.7 Å². The lowest BCUT2D eigenvalue weighted by Crippen LogP contribution is -2.19. The second kappa shape index (κ2) is 8.09. The SMILES string of the molecule is COc1ccccc1NC(=O)Nc1nnc(Cc2cccc(Br)c2)s1. The fourth-order valence-electron chi connectivity index (χ4n) is 2.20. The van der Waals surface area contributed by atoms with Crippen molar-refractivity contribution in [2.45, 2.75) is 6.42 Å². The van der Waals surface area contributed by atoms with E-state index in [0.717, 1.165) is 15.0 Å². The van der Waals surface area contributed by atoms with Crippen molar-refractivity contribution in [3.63, 3.8) is 0 Å². The maximum Gasteiger partial charge on any atom is 0.325 e. The molecule has 3 aromatic rings. The van der Waals surface area contributed by atoms with E-state index in [-0.39, 0.29) is 0 Å². The summed E-state index contributed by atoms with van der Waals surface area (Å²) >= 11 is 4.79. The van der Waals surface area contributed by atoms with Crippen LogP contribution in [0.15, 0.2) is 53.0 Å². The van der Waals surface area contributed by atoms with Crippen molar-refractivity contribution in [1.82, 2.24) is 10.2 Å². The van der Waals surface area contributed by atoms with E-state index in [2.05, 4.69) is 36.8 Å². The number of halogens is 1. The van der Waals surface area contributed by atoms with Gasteiger partial charge in [-0.05, 0) is 29.8 Å². The molecule has 8 heteroatoms. The Morgan fingerprint density at radius 1 is 1.16 bits per heavy atom. The lowest BCUT2D eigenvalue weighted by Gasteiger charge is -2.09. The van der Waals surface area contributed by atoms with Crippen molar-refractivity contribution in [3.8, 4) is 5.75 Å². The van der Waals surface area contributed by atoms with Gasteiger partial charge in [-0.1, -0.05) is 51.5 Å². The van der Waals surface area contributed by atoms with Gasteiger partial charge >= 0.3 is 6.03 Å². The Hall–Kier alpha value is -2.45. The molecule has 2 amide bonds. The Morgan fingerprint density at radius 3 is 2.80 bits per heavy atom. The zero-order chi connectivity index (χ0) is 17.6. The first-order chi connectivity index (χ1) is 12.1. The van der Waals surface area contributed by atoms with Gasteiger partial charge < -0.3 is 10.1 Å². The number of anilines is 2. The molecule has 0 unspecified atom stereocenters. The molecule has 0 spiro atoms. The topological polar surface area (TPSA) is 76.1 Å². The number of urea groups is 1. The molecule has 3 rings (SSSR count). The number of hydrogen-bond acceptors (Lipinski definition) is 5. The van der Waals surface area contributed by atoms with Crippen LogP contribution in [0.5, 0.6) is 5.75 Å². The van der Waals surface area contributed by atoms with E-state index in [4.69, 9.17) is 4.74 Å². The Bertz CT molecular complexity index is 884. The number of methoxy groups -OCH3 is 1. The molecular formula is C17H15BrN4O2S. The van der Waals surface area contributed by atoms with Crippen molar-refractivity contribution < 1.29 is 9.53 Å². The lowest BCUT2D eigenvalue weighted by atomic mass is 10.2. The number of benzene rings is 2. The summed E-state index contributed by atoms with van der Waals surface area (Å²) in [6.07, 6.45) is 0.660. The first kappa shape index (κ1) is 17.4. The second-order valence-electron chi connectivity index (χ2n) is 5.09. The molecule has 0 aliphatic heterocycles. The third kappa shape index (κ3) is 4.77. The summed E-state index contributed by atoms with van der Waals surface area (Å²) in [5.74, 6) is 0.588. The number of rotatable bonds is 5. The minimum absolute atomic E-state index is 0.394. The number of carbonyl (C=O) groups is 1. The zero-order valence-corrected chi connectivity index (χ0v) is 15.7. The first-order valence-electron chi connectivity index (χ1n) is 7.42. The van der Waals surface area contributed by atoms with Gasteiger partial charge in [0, 0.05) is 10.9 Å². The maximum atomic E-state index is 12.1. The number of carbonyl (C=O) groups excluding carboxylic acids is 1. The average Bonchev–Trinajstić information content (AvgIpc) is 3.02. The molecular weight excluding hydrogens is 404 g/mol. The van der Waals surface area contributed by atoms with Crippen LogP contribution < -0.4 is 15.4 Å². The predicted octanol–water partition coefficient (Wildman–Crippen LogP) is 4.54. The summed E-state index contributed by atoms with van der Waals surface area (Å²) in [6.45, 7) is 0. The largest absolute Gasteiger partial charge is 0.495 e. The minimum atomic E-state index is -0.394. The molecule has 2 N–H and O–H groups in total. The number of nitrogens with zero attached hydrogens (tertiary/aromatic N) is 2. The fraction of sp³-hybridized carbons (Fsp3) is 0.118. The van der Waals surface area contributed by atoms with Crippen LogP contribution in [0.2, 0.25) is 0 Å². The van der Waals surface area contributed by atoms with E-state index in [1.807, 2.05) is 36.4 Å². The van der Waals surface area contributed by atoms with Crippen LogP contribution in [0.4, 0.5) is 15.6 Å². The van der Waals surface area contributed by atoms with E-state index in [9.17, 15) is 4.79 Å². The third-order valence-electron chi connectivity index (χ3n) is 3.29. The Kier molecular flexibility index (Phi) is 5.62. The van der Waals surface area contributed by atoms with Crippen molar-refractivity contribution in [1.29, 1.82) is 0 Å². The number of aromatic nitrogens is 2. The van der Waals surface area contributed by atoms with Crippen LogP contribution in [0.3, 0.4) is 0 Å². The normalized spacial score (nSPS) is 10.3. The minimum Gasteiger partial charge on any atom is -0.495 e. The van der Waals surface area contributed by atoms with Gasteiger partial charge in [0.2, 0.25) is 5.13 Å². The standard InChI is InChI=1S/C17H15BrN4O2S/c1-24-14-8-3-2-7-13(14)19-16(23)20-17-22-21-15(25-17)10-11-5-4-6-12(18)9-11/h2-9H,10H2,1H3,(H2,19,20,22,23). The van der Waals surface area contributed by atoms with Crippen LogP contribution in [-0.4, -0.2) is 23.3 Å². The molecule has 1 aromatic heterocycles. The summed E-state index contributed by atoms with van der Waals surface area (Å²) in [5.41, 5.74) is 1.71. The highest BCUT2D eigenvalue weighted by atomic mass is 79.9. The number of para-hydroxylation sites is 2. The van der Waals surface area contributed by atoms with Gasteiger partial charge in [0.05, 0.1) is 12.8 Å². The predicted molar refractivity (Wildman–Crippen MR) is 102 cm³/mol. The van der Waals surface area contributed by atoms with E-state index >= 15 is 0 Å². The van der Waals surface area contributed by atoms with E-state index in [0.29, 0.717) is 23.0 Å². The second-order valence-corrected chi connectivity index (χ2v) is 7.06. The van der Waals surface area contributed by atoms with Crippen LogP contribution in [0.25, 0.3) is 0 Å². The fourth-order valence-corrected chi connectivity index (χ4v) is 3.41. The molecule has 0 saturated heterocycles. The summed E-state index contributed by atoms with van der Waals surface area (Å²) in [5, 5.41) is 14.8. The monoisotopic (exact) mass is 418 g/mol. The molecule has 6 nitrogen and oxygen atoms in total. The van der Waals surface area contributed by atoms with Gasteiger partial charge in [-0.15, -0.1) is 10.2 Å². The molecule has 0 radical (unpaired) electrons. The summed E-state index contributed by atoms with van der Waals surface area (Å²) in [6, 6.07) is 14.8. The quantitative estimate of drug-likeness (QED) is 0.637. The van der Waals surface area contributed by atoms with Crippen LogP contribution in [0.1, 0.15) is 10.6 Å². The highest BCUT2D eigenvalue weighted by Crippen LogP contribution is 2.24. The summed E-state index contributed by atoms with van der Waals surface area (Å²) in [4.78, 5) is 12.1. The molecule has 0 bridgehead atoms. The van der Waals surface area contributed by atoms with Crippen molar-refractivity contribution in [2.24, 2.45) is 0 Å². The molecule has 1 heterocycles. The summed E-state index contributed by atoms with van der Waals surface area (Å²) in [7, 11) is 1.55. The van der Waals surface area contributed by atoms with Crippen LogP contribution in [0, 0.1) is 0 Å². The Morgan fingerprint density at radius 2 is 2.00 bits per heavy atom. The molecule has 0 aliphatic carbocycles.